The van der Waals surface area contributed by atoms with Crippen molar-refractivity contribution in [3.05, 3.63) is 29.3 Å². The quantitative estimate of drug-likeness (QED) is 0.851. The lowest BCUT2D eigenvalue weighted by Crippen LogP contribution is -2.15. The Morgan fingerprint density at radius 3 is 2.71 bits per heavy atom. The summed E-state index contributed by atoms with van der Waals surface area (Å²) in [6.07, 6.45) is 2.15. The lowest BCUT2D eigenvalue weighted by Gasteiger charge is -2.12. The number of hydrogen-bond donors (Lipinski definition) is 2. The molecule has 0 bridgehead atoms. The van der Waals surface area contributed by atoms with Crippen molar-refractivity contribution >= 4 is 24.0 Å². The number of carbonyl (C=O) groups is 1. The molecule has 17 heavy (non-hydrogen) atoms. The molecule has 0 fully saturated rings. The molecule has 0 spiro atoms. The largest absolute Gasteiger partial charge is 0.330 e. The van der Waals surface area contributed by atoms with Crippen molar-refractivity contribution in [1.29, 1.82) is 0 Å². The van der Waals surface area contributed by atoms with E-state index in [0.29, 0.717) is 13.0 Å². The lowest BCUT2D eigenvalue weighted by molar-refractivity contribution is -0.116. The summed E-state index contributed by atoms with van der Waals surface area (Å²) in [7, 11) is 0. The van der Waals surface area contributed by atoms with E-state index < -0.39 is 0 Å². The molecule has 1 amide bonds. The number of para-hydroxylation sites is 1. The maximum atomic E-state index is 11.6. The molecule has 0 aliphatic carbocycles. The summed E-state index contributed by atoms with van der Waals surface area (Å²) in [5.74, 6) is 0.0504. The van der Waals surface area contributed by atoms with Crippen molar-refractivity contribution in [2.45, 2.75) is 33.1 Å². The number of rotatable bonds is 5. The monoisotopic (exact) mass is 256 g/mol. The van der Waals surface area contributed by atoms with Gasteiger partial charge in [0.15, 0.2) is 0 Å². The predicted molar refractivity (Wildman–Crippen MR) is 74.7 cm³/mol. The molecule has 1 aromatic rings. The predicted octanol–water partition coefficient (Wildman–Crippen LogP) is 2.66. The van der Waals surface area contributed by atoms with Gasteiger partial charge in [-0.1, -0.05) is 25.1 Å². The second-order valence-corrected chi connectivity index (χ2v) is 3.90. The second-order valence-electron chi connectivity index (χ2n) is 3.90. The molecule has 0 unspecified atom stereocenters. The third-order valence-corrected chi connectivity index (χ3v) is 2.61. The van der Waals surface area contributed by atoms with Crippen LogP contribution in [0, 0.1) is 6.92 Å². The molecule has 0 saturated heterocycles. The van der Waals surface area contributed by atoms with Crippen LogP contribution in [0.5, 0.6) is 0 Å². The van der Waals surface area contributed by atoms with Crippen molar-refractivity contribution in [2.75, 3.05) is 11.9 Å². The van der Waals surface area contributed by atoms with Gasteiger partial charge in [-0.3, -0.25) is 4.79 Å². The molecule has 96 valence electrons. The third kappa shape index (κ3) is 4.75. The van der Waals surface area contributed by atoms with E-state index in [9.17, 15) is 4.79 Å². The fourth-order valence-corrected chi connectivity index (χ4v) is 1.67. The summed E-state index contributed by atoms with van der Waals surface area (Å²) in [5.41, 5.74) is 8.63. The highest BCUT2D eigenvalue weighted by atomic mass is 35.5. The zero-order valence-electron chi connectivity index (χ0n) is 10.5. The van der Waals surface area contributed by atoms with E-state index in [-0.39, 0.29) is 18.3 Å². The molecule has 0 radical (unpaired) electrons. The number of amides is 1. The normalized spacial score (nSPS) is 9.59. The number of benzene rings is 1. The van der Waals surface area contributed by atoms with E-state index in [0.717, 1.165) is 24.1 Å². The maximum Gasteiger partial charge on any atom is 0.224 e. The first-order chi connectivity index (χ1) is 7.69. The van der Waals surface area contributed by atoms with Gasteiger partial charge in [-0.15, -0.1) is 12.4 Å². The minimum atomic E-state index is 0. The van der Waals surface area contributed by atoms with Gasteiger partial charge < -0.3 is 11.1 Å². The van der Waals surface area contributed by atoms with Crippen LogP contribution in [0.2, 0.25) is 0 Å². The van der Waals surface area contributed by atoms with Crippen LogP contribution in [-0.2, 0) is 11.2 Å². The van der Waals surface area contributed by atoms with Crippen LogP contribution in [0.25, 0.3) is 0 Å². The Morgan fingerprint density at radius 2 is 2.12 bits per heavy atom. The first-order valence-electron chi connectivity index (χ1n) is 5.77. The van der Waals surface area contributed by atoms with Crippen molar-refractivity contribution < 1.29 is 4.79 Å². The average Bonchev–Trinajstić information content (AvgIpc) is 2.29. The van der Waals surface area contributed by atoms with Crippen molar-refractivity contribution in [1.82, 2.24) is 0 Å². The number of halogens is 1. The van der Waals surface area contributed by atoms with Gasteiger partial charge in [0.25, 0.3) is 0 Å². The van der Waals surface area contributed by atoms with Gasteiger partial charge in [-0.2, -0.15) is 0 Å². The standard InChI is InChI=1S/C13H20N2O.ClH/c1-3-11-7-4-6-10(2)13(11)15-12(16)8-5-9-14;/h4,6-7H,3,5,8-9,14H2,1-2H3,(H,15,16);1H. The summed E-state index contributed by atoms with van der Waals surface area (Å²) < 4.78 is 0. The minimum absolute atomic E-state index is 0. The highest BCUT2D eigenvalue weighted by Crippen LogP contribution is 2.21. The van der Waals surface area contributed by atoms with E-state index in [1.165, 1.54) is 5.56 Å². The molecule has 0 heterocycles. The maximum absolute atomic E-state index is 11.6. The first-order valence-corrected chi connectivity index (χ1v) is 5.77. The molecule has 0 aromatic heterocycles. The van der Waals surface area contributed by atoms with Crippen LogP contribution in [0.4, 0.5) is 5.69 Å². The van der Waals surface area contributed by atoms with E-state index in [2.05, 4.69) is 12.2 Å². The lowest BCUT2D eigenvalue weighted by atomic mass is 10.1. The Labute approximate surface area is 109 Å². The zero-order chi connectivity index (χ0) is 12.0. The highest BCUT2D eigenvalue weighted by molar-refractivity contribution is 5.92. The Hall–Kier alpha value is -1.06. The Kier molecular flexibility index (Phi) is 7.59. The summed E-state index contributed by atoms with van der Waals surface area (Å²) in [4.78, 5) is 11.6. The van der Waals surface area contributed by atoms with Crippen LogP contribution in [-0.4, -0.2) is 12.5 Å². The molecule has 1 aromatic carbocycles. The van der Waals surface area contributed by atoms with Crippen LogP contribution >= 0.6 is 12.4 Å². The molecule has 3 nitrogen and oxygen atoms in total. The molecular formula is C13H21ClN2O. The second kappa shape index (κ2) is 8.09. The summed E-state index contributed by atoms with van der Waals surface area (Å²) in [6, 6.07) is 6.08. The Balaban J connectivity index is 0.00000256. The molecule has 0 aliphatic rings. The van der Waals surface area contributed by atoms with Gasteiger partial charge in [-0.25, -0.2) is 0 Å². The SMILES string of the molecule is CCc1cccc(C)c1NC(=O)CCCN.Cl. The zero-order valence-corrected chi connectivity index (χ0v) is 11.3. The smallest absolute Gasteiger partial charge is 0.224 e. The van der Waals surface area contributed by atoms with Gasteiger partial charge in [0.1, 0.15) is 0 Å². The molecule has 3 N–H and O–H groups in total. The number of nitrogens with two attached hydrogens (primary N) is 1. The third-order valence-electron chi connectivity index (χ3n) is 2.61. The molecule has 4 heteroatoms. The summed E-state index contributed by atoms with van der Waals surface area (Å²) in [5, 5.41) is 2.97. The average molecular weight is 257 g/mol. The van der Waals surface area contributed by atoms with E-state index in [1.807, 2.05) is 25.1 Å². The molecule has 0 aliphatic heterocycles. The fraction of sp³-hybridized carbons (Fsp3) is 0.462. The highest BCUT2D eigenvalue weighted by Gasteiger charge is 2.07. The van der Waals surface area contributed by atoms with Crippen LogP contribution in [0.3, 0.4) is 0 Å². The summed E-state index contributed by atoms with van der Waals surface area (Å²) >= 11 is 0. The number of aryl methyl sites for hydroxylation is 2. The number of hydrogen-bond acceptors (Lipinski definition) is 2. The number of anilines is 1. The van der Waals surface area contributed by atoms with Crippen molar-refractivity contribution in [3.63, 3.8) is 0 Å². The van der Waals surface area contributed by atoms with Gasteiger partial charge in [-0.05, 0) is 37.4 Å². The van der Waals surface area contributed by atoms with Gasteiger partial charge >= 0.3 is 0 Å². The number of nitrogens with one attached hydrogen (secondary N) is 1. The van der Waals surface area contributed by atoms with E-state index >= 15 is 0 Å². The first kappa shape index (κ1) is 15.9. The topological polar surface area (TPSA) is 55.1 Å². The van der Waals surface area contributed by atoms with Crippen molar-refractivity contribution in [3.8, 4) is 0 Å². The van der Waals surface area contributed by atoms with Crippen LogP contribution < -0.4 is 11.1 Å². The van der Waals surface area contributed by atoms with Crippen LogP contribution in [0.15, 0.2) is 18.2 Å². The summed E-state index contributed by atoms with van der Waals surface area (Å²) in [6.45, 7) is 4.66. The van der Waals surface area contributed by atoms with Crippen molar-refractivity contribution in [2.24, 2.45) is 5.73 Å². The van der Waals surface area contributed by atoms with Gasteiger partial charge in [0.2, 0.25) is 5.91 Å². The molecule has 0 saturated carbocycles. The molecular weight excluding hydrogens is 236 g/mol. The molecule has 0 atom stereocenters. The van der Waals surface area contributed by atoms with Gasteiger partial charge in [0, 0.05) is 12.1 Å². The Morgan fingerprint density at radius 1 is 1.41 bits per heavy atom. The van der Waals surface area contributed by atoms with Gasteiger partial charge in [0.05, 0.1) is 0 Å². The minimum Gasteiger partial charge on any atom is -0.330 e. The fourth-order valence-electron chi connectivity index (χ4n) is 1.67. The van der Waals surface area contributed by atoms with E-state index in [1.54, 1.807) is 0 Å². The van der Waals surface area contributed by atoms with E-state index in [4.69, 9.17) is 5.73 Å². The molecule has 1 rings (SSSR count). The number of carbonyl (C=O) groups excluding carboxylic acids is 1. The van der Waals surface area contributed by atoms with Crippen LogP contribution in [0.1, 0.15) is 30.9 Å². The Bertz CT molecular complexity index is 366.